The summed E-state index contributed by atoms with van der Waals surface area (Å²) < 4.78 is 10.7. The van der Waals surface area contributed by atoms with Crippen LogP contribution in [0.25, 0.3) is 10.9 Å². The van der Waals surface area contributed by atoms with Crippen LogP contribution in [0.3, 0.4) is 0 Å². The van der Waals surface area contributed by atoms with E-state index in [0.29, 0.717) is 5.92 Å². The number of nitrogens with zero attached hydrogens (tertiary/aromatic N) is 4. The molecule has 0 N–H and O–H groups in total. The average molecular weight is 342 g/mol. The zero-order valence-corrected chi connectivity index (χ0v) is 14.9. The van der Waals surface area contributed by atoms with E-state index in [1.807, 2.05) is 6.20 Å². The van der Waals surface area contributed by atoms with E-state index >= 15 is 0 Å². The molecule has 2 aliphatic heterocycles. The van der Waals surface area contributed by atoms with Crippen molar-refractivity contribution in [2.75, 3.05) is 58.0 Å². The average Bonchev–Trinajstić information content (AvgIpc) is 3.09. The van der Waals surface area contributed by atoms with Crippen molar-refractivity contribution in [3.8, 4) is 0 Å². The molecule has 3 heterocycles. The highest BCUT2D eigenvalue weighted by Gasteiger charge is 2.22. The predicted molar refractivity (Wildman–Crippen MR) is 97.8 cm³/mol. The third-order valence-corrected chi connectivity index (χ3v) is 5.10. The molecule has 6 nitrogen and oxygen atoms in total. The number of rotatable bonds is 5. The van der Waals surface area contributed by atoms with Crippen molar-refractivity contribution in [3.05, 3.63) is 30.0 Å². The Morgan fingerprint density at radius 3 is 2.96 bits per heavy atom. The first-order valence-corrected chi connectivity index (χ1v) is 9.11. The molecule has 2 aromatic rings. The lowest BCUT2D eigenvalue weighted by Gasteiger charge is -2.26. The molecule has 1 aromatic carbocycles. The van der Waals surface area contributed by atoms with Gasteiger partial charge in [-0.2, -0.15) is 0 Å². The lowest BCUT2D eigenvalue weighted by Crippen LogP contribution is -2.37. The Kier molecular flexibility index (Phi) is 5.10. The Morgan fingerprint density at radius 1 is 1.24 bits per heavy atom. The van der Waals surface area contributed by atoms with Crippen molar-refractivity contribution in [3.63, 3.8) is 0 Å². The maximum atomic E-state index is 5.40. The SMILES string of the molecule is COCC1CCN(Cc2ccc3nc(N4CCOCC4)ncc3c2)C1. The molecule has 0 radical (unpaired) electrons. The van der Waals surface area contributed by atoms with Gasteiger partial charge in [-0.15, -0.1) is 0 Å². The van der Waals surface area contributed by atoms with E-state index in [1.165, 1.54) is 12.0 Å². The number of aromatic nitrogens is 2. The summed E-state index contributed by atoms with van der Waals surface area (Å²) in [5.74, 6) is 1.48. The molecule has 0 amide bonds. The van der Waals surface area contributed by atoms with Gasteiger partial charge in [-0.05, 0) is 36.6 Å². The van der Waals surface area contributed by atoms with Gasteiger partial charge in [-0.3, -0.25) is 4.90 Å². The van der Waals surface area contributed by atoms with Crippen molar-refractivity contribution in [2.45, 2.75) is 13.0 Å². The van der Waals surface area contributed by atoms with Crippen LogP contribution in [0.5, 0.6) is 0 Å². The fourth-order valence-corrected chi connectivity index (χ4v) is 3.77. The molecule has 1 unspecified atom stereocenters. The molecule has 2 aliphatic rings. The first-order chi connectivity index (χ1) is 12.3. The molecule has 0 spiro atoms. The Hall–Kier alpha value is -1.76. The van der Waals surface area contributed by atoms with Crippen LogP contribution < -0.4 is 4.90 Å². The van der Waals surface area contributed by atoms with Crippen LogP contribution in [0.4, 0.5) is 5.95 Å². The number of hydrogen-bond donors (Lipinski definition) is 0. The van der Waals surface area contributed by atoms with Crippen LogP contribution in [0.1, 0.15) is 12.0 Å². The standard InChI is InChI=1S/C19H26N4O2/c1-24-14-16-4-5-22(13-16)12-15-2-3-18-17(10-15)11-20-19(21-18)23-6-8-25-9-7-23/h2-3,10-11,16H,4-9,12-14H2,1H3. The lowest BCUT2D eigenvalue weighted by molar-refractivity contribution is 0.122. The molecule has 1 atom stereocenters. The van der Waals surface area contributed by atoms with Crippen molar-refractivity contribution in [2.24, 2.45) is 5.92 Å². The first-order valence-electron chi connectivity index (χ1n) is 9.11. The number of fused-ring (bicyclic) bond motifs is 1. The molecule has 0 saturated carbocycles. The van der Waals surface area contributed by atoms with E-state index in [4.69, 9.17) is 14.5 Å². The summed E-state index contributed by atoms with van der Waals surface area (Å²) in [5, 5.41) is 1.11. The van der Waals surface area contributed by atoms with E-state index in [0.717, 1.165) is 69.4 Å². The summed E-state index contributed by atoms with van der Waals surface area (Å²) in [7, 11) is 1.79. The molecular weight excluding hydrogens is 316 g/mol. The minimum atomic E-state index is 0.671. The minimum absolute atomic E-state index is 0.671. The van der Waals surface area contributed by atoms with Gasteiger partial charge in [-0.1, -0.05) is 6.07 Å². The van der Waals surface area contributed by atoms with Gasteiger partial charge in [0.2, 0.25) is 5.95 Å². The smallest absolute Gasteiger partial charge is 0.226 e. The van der Waals surface area contributed by atoms with Crippen LogP contribution >= 0.6 is 0 Å². The molecule has 25 heavy (non-hydrogen) atoms. The zero-order valence-electron chi connectivity index (χ0n) is 14.9. The van der Waals surface area contributed by atoms with Gasteiger partial charge in [0, 0.05) is 44.9 Å². The Morgan fingerprint density at radius 2 is 2.12 bits per heavy atom. The highest BCUT2D eigenvalue weighted by Crippen LogP contribution is 2.22. The molecule has 2 fully saturated rings. The van der Waals surface area contributed by atoms with E-state index in [-0.39, 0.29) is 0 Å². The molecule has 6 heteroatoms. The second-order valence-electron chi connectivity index (χ2n) is 7.01. The number of anilines is 1. The van der Waals surface area contributed by atoms with Crippen LogP contribution in [0, 0.1) is 5.92 Å². The van der Waals surface area contributed by atoms with E-state index < -0.39 is 0 Å². The third kappa shape index (κ3) is 3.92. The van der Waals surface area contributed by atoms with E-state index in [1.54, 1.807) is 7.11 Å². The minimum Gasteiger partial charge on any atom is -0.384 e. The van der Waals surface area contributed by atoms with Crippen LogP contribution in [-0.2, 0) is 16.0 Å². The van der Waals surface area contributed by atoms with Gasteiger partial charge in [0.05, 0.1) is 25.3 Å². The maximum absolute atomic E-state index is 5.40. The van der Waals surface area contributed by atoms with Gasteiger partial charge in [0.1, 0.15) is 0 Å². The third-order valence-electron chi connectivity index (χ3n) is 5.10. The summed E-state index contributed by atoms with van der Waals surface area (Å²) in [6.07, 6.45) is 3.18. The number of likely N-dealkylation sites (tertiary alicyclic amines) is 1. The second-order valence-corrected chi connectivity index (χ2v) is 7.01. The monoisotopic (exact) mass is 342 g/mol. The van der Waals surface area contributed by atoms with Gasteiger partial charge in [0.25, 0.3) is 0 Å². The predicted octanol–water partition coefficient (Wildman–Crippen LogP) is 1.93. The number of hydrogen-bond acceptors (Lipinski definition) is 6. The first kappa shape index (κ1) is 16.7. The topological polar surface area (TPSA) is 50.7 Å². The molecular formula is C19H26N4O2. The summed E-state index contributed by atoms with van der Waals surface area (Å²) in [6.45, 7) is 7.35. The normalized spacial score (nSPS) is 22.0. The Bertz CT molecular complexity index is 718. The number of morpholine rings is 1. The van der Waals surface area contributed by atoms with Crippen LogP contribution in [0.2, 0.25) is 0 Å². The summed E-state index contributed by atoms with van der Waals surface area (Å²) >= 11 is 0. The highest BCUT2D eigenvalue weighted by atomic mass is 16.5. The number of methoxy groups -OCH3 is 1. The van der Waals surface area contributed by atoms with Crippen LogP contribution in [-0.4, -0.2) is 68.0 Å². The zero-order chi connectivity index (χ0) is 17.1. The summed E-state index contributed by atoms with van der Waals surface area (Å²) in [5.41, 5.74) is 2.34. The Balaban J connectivity index is 1.45. The van der Waals surface area contributed by atoms with Gasteiger partial charge < -0.3 is 14.4 Å². The second kappa shape index (κ2) is 7.64. The largest absolute Gasteiger partial charge is 0.384 e. The molecule has 0 bridgehead atoms. The highest BCUT2D eigenvalue weighted by molar-refractivity contribution is 5.79. The van der Waals surface area contributed by atoms with Gasteiger partial charge in [-0.25, -0.2) is 9.97 Å². The van der Waals surface area contributed by atoms with Crippen molar-refractivity contribution >= 4 is 16.9 Å². The number of benzene rings is 1. The molecule has 0 aliphatic carbocycles. The lowest BCUT2D eigenvalue weighted by atomic mass is 10.1. The Labute approximate surface area is 148 Å². The van der Waals surface area contributed by atoms with E-state index in [2.05, 4.69) is 33.0 Å². The van der Waals surface area contributed by atoms with Crippen molar-refractivity contribution in [1.82, 2.24) is 14.9 Å². The van der Waals surface area contributed by atoms with Gasteiger partial charge >= 0.3 is 0 Å². The fraction of sp³-hybridized carbons (Fsp3) is 0.579. The van der Waals surface area contributed by atoms with Crippen LogP contribution in [0.15, 0.2) is 24.4 Å². The van der Waals surface area contributed by atoms with Crippen molar-refractivity contribution in [1.29, 1.82) is 0 Å². The van der Waals surface area contributed by atoms with E-state index in [9.17, 15) is 0 Å². The maximum Gasteiger partial charge on any atom is 0.226 e. The molecule has 2 saturated heterocycles. The molecule has 134 valence electrons. The quantitative estimate of drug-likeness (QED) is 0.828. The summed E-state index contributed by atoms with van der Waals surface area (Å²) in [6, 6.07) is 6.54. The van der Waals surface area contributed by atoms with Crippen molar-refractivity contribution < 1.29 is 9.47 Å². The summed E-state index contributed by atoms with van der Waals surface area (Å²) in [4.78, 5) is 14.0. The molecule has 1 aromatic heterocycles. The molecule has 4 rings (SSSR count). The number of ether oxygens (including phenoxy) is 2. The van der Waals surface area contributed by atoms with Gasteiger partial charge in [0.15, 0.2) is 0 Å². The fourth-order valence-electron chi connectivity index (χ4n) is 3.77.